The largest absolute Gasteiger partial charge is 0.494 e. The van der Waals surface area contributed by atoms with Crippen molar-refractivity contribution in [3.8, 4) is 5.75 Å². The van der Waals surface area contributed by atoms with Gasteiger partial charge in [-0.25, -0.2) is 0 Å². The number of anilines is 1. The van der Waals surface area contributed by atoms with Gasteiger partial charge in [0.2, 0.25) is 11.0 Å². The molecule has 1 aliphatic rings. The molecule has 0 N–H and O–H groups in total. The molecule has 1 amide bonds. The summed E-state index contributed by atoms with van der Waals surface area (Å²) in [7, 11) is 0. The van der Waals surface area contributed by atoms with Crippen LogP contribution in [0.15, 0.2) is 12.1 Å². The molecule has 0 atom stereocenters. The number of carbonyl (C=O) groups is 1. The predicted octanol–water partition coefficient (Wildman–Crippen LogP) is 3.62. The van der Waals surface area contributed by atoms with Gasteiger partial charge in [0.05, 0.1) is 6.61 Å². The van der Waals surface area contributed by atoms with Gasteiger partial charge >= 0.3 is 0 Å². The number of benzene rings is 1. The molecule has 3 rings (SSSR count). The van der Waals surface area contributed by atoms with Crippen LogP contribution in [-0.4, -0.2) is 53.8 Å². The maximum Gasteiger partial charge on any atom is 0.222 e. The molecule has 0 saturated carbocycles. The number of halogens is 1. The van der Waals surface area contributed by atoms with Crippen LogP contribution >= 0.6 is 22.9 Å². The Labute approximate surface area is 169 Å². The van der Waals surface area contributed by atoms with Gasteiger partial charge in [0, 0.05) is 37.6 Å². The van der Waals surface area contributed by atoms with Gasteiger partial charge in [0.15, 0.2) is 0 Å². The van der Waals surface area contributed by atoms with E-state index < -0.39 is 0 Å². The van der Waals surface area contributed by atoms with E-state index in [1.165, 1.54) is 0 Å². The van der Waals surface area contributed by atoms with Crippen LogP contribution < -0.4 is 9.64 Å². The lowest BCUT2D eigenvalue weighted by Gasteiger charge is -2.34. The predicted molar refractivity (Wildman–Crippen MR) is 109 cm³/mol. The highest BCUT2D eigenvalue weighted by Crippen LogP contribution is 2.26. The molecule has 1 fully saturated rings. The van der Waals surface area contributed by atoms with E-state index >= 15 is 0 Å². The fourth-order valence-electron chi connectivity index (χ4n) is 3.12. The van der Waals surface area contributed by atoms with E-state index in [1.807, 2.05) is 37.8 Å². The maximum absolute atomic E-state index is 12.4. The van der Waals surface area contributed by atoms with E-state index in [0.29, 0.717) is 19.4 Å². The monoisotopic (exact) mass is 408 g/mol. The lowest BCUT2D eigenvalue weighted by atomic mass is 10.1. The first-order chi connectivity index (χ1) is 12.9. The minimum Gasteiger partial charge on any atom is -0.494 e. The zero-order valence-electron chi connectivity index (χ0n) is 16.0. The number of hydrogen-bond donors (Lipinski definition) is 0. The van der Waals surface area contributed by atoms with Crippen LogP contribution in [0, 0.1) is 20.8 Å². The van der Waals surface area contributed by atoms with Crippen molar-refractivity contribution < 1.29 is 9.53 Å². The summed E-state index contributed by atoms with van der Waals surface area (Å²) < 4.78 is 5.79. The molecule has 1 saturated heterocycles. The van der Waals surface area contributed by atoms with E-state index in [4.69, 9.17) is 16.3 Å². The van der Waals surface area contributed by atoms with Gasteiger partial charge in [0.25, 0.3) is 0 Å². The first-order valence-electron chi connectivity index (χ1n) is 9.16. The molecule has 2 heterocycles. The van der Waals surface area contributed by atoms with Crippen LogP contribution in [0.1, 0.15) is 29.0 Å². The fourth-order valence-corrected chi connectivity index (χ4v) is 3.97. The molecular weight excluding hydrogens is 384 g/mol. The summed E-state index contributed by atoms with van der Waals surface area (Å²) in [5.74, 6) is 0.998. The van der Waals surface area contributed by atoms with Gasteiger partial charge in [-0.2, -0.15) is 0 Å². The Balaban J connectivity index is 1.39. The van der Waals surface area contributed by atoms with Gasteiger partial charge in [-0.3, -0.25) is 4.79 Å². The Kier molecular flexibility index (Phi) is 6.55. The summed E-state index contributed by atoms with van der Waals surface area (Å²) in [5, 5.41) is 10.9. The average molecular weight is 409 g/mol. The average Bonchev–Trinajstić information content (AvgIpc) is 3.09. The van der Waals surface area contributed by atoms with Crippen LogP contribution in [0.25, 0.3) is 0 Å². The molecule has 1 aromatic carbocycles. The quantitative estimate of drug-likeness (QED) is 0.683. The molecule has 8 heteroatoms. The van der Waals surface area contributed by atoms with Crippen molar-refractivity contribution in [2.24, 2.45) is 0 Å². The van der Waals surface area contributed by atoms with Crippen LogP contribution in [0.4, 0.5) is 5.13 Å². The Morgan fingerprint density at radius 1 is 1.15 bits per heavy atom. The molecule has 1 aromatic heterocycles. The lowest BCUT2D eigenvalue weighted by molar-refractivity contribution is -0.131. The molecule has 0 aliphatic carbocycles. The van der Waals surface area contributed by atoms with Gasteiger partial charge in [-0.05, 0) is 50.5 Å². The Morgan fingerprint density at radius 2 is 1.81 bits per heavy atom. The molecule has 0 unspecified atom stereocenters. The van der Waals surface area contributed by atoms with Gasteiger partial charge in [0.1, 0.15) is 10.8 Å². The number of carbonyl (C=O) groups excluding carboxylic acids is 1. The summed E-state index contributed by atoms with van der Waals surface area (Å²) in [6.45, 7) is 9.48. The minimum atomic E-state index is 0.190. The molecular formula is C19H25ClN4O2S. The van der Waals surface area contributed by atoms with Gasteiger partial charge < -0.3 is 14.5 Å². The lowest BCUT2D eigenvalue weighted by Crippen LogP contribution is -2.48. The molecule has 0 radical (unpaired) electrons. The smallest absolute Gasteiger partial charge is 0.222 e. The van der Waals surface area contributed by atoms with Crippen LogP contribution in [0.2, 0.25) is 5.02 Å². The third-order valence-corrected chi connectivity index (χ3v) is 6.13. The van der Waals surface area contributed by atoms with Crippen molar-refractivity contribution in [1.29, 1.82) is 0 Å². The second-order valence-electron chi connectivity index (χ2n) is 6.79. The van der Waals surface area contributed by atoms with E-state index in [9.17, 15) is 4.79 Å². The van der Waals surface area contributed by atoms with Crippen LogP contribution in [0.3, 0.4) is 0 Å². The Hall–Kier alpha value is -1.86. The van der Waals surface area contributed by atoms with Gasteiger partial charge in [-0.1, -0.05) is 22.9 Å². The Bertz CT molecular complexity index is 780. The second kappa shape index (κ2) is 8.89. The zero-order chi connectivity index (χ0) is 19.4. The fraction of sp³-hybridized carbons (Fsp3) is 0.526. The number of hydrogen-bond acceptors (Lipinski definition) is 6. The first-order valence-corrected chi connectivity index (χ1v) is 10.4. The second-order valence-corrected chi connectivity index (χ2v) is 8.33. The molecule has 146 valence electrons. The third-order valence-electron chi connectivity index (χ3n) is 4.63. The molecule has 27 heavy (non-hydrogen) atoms. The van der Waals surface area contributed by atoms with Crippen molar-refractivity contribution in [1.82, 2.24) is 15.1 Å². The summed E-state index contributed by atoms with van der Waals surface area (Å²) in [5.41, 5.74) is 2.01. The van der Waals surface area contributed by atoms with E-state index in [-0.39, 0.29) is 5.91 Å². The Morgan fingerprint density at radius 3 is 2.41 bits per heavy atom. The normalized spacial score (nSPS) is 14.5. The molecule has 6 nitrogen and oxygen atoms in total. The number of aromatic nitrogens is 2. The number of rotatable bonds is 6. The SMILES string of the molecule is Cc1nnc(N2CCN(C(=O)CCCOc3cc(C)c(Cl)c(C)c3)CC2)s1. The van der Waals surface area contributed by atoms with Crippen LogP contribution in [0.5, 0.6) is 5.75 Å². The number of ether oxygens (including phenoxy) is 1. The summed E-state index contributed by atoms with van der Waals surface area (Å²) in [6.07, 6.45) is 1.21. The van der Waals surface area contributed by atoms with Crippen molar-refractivity contribution in [2.45, 2.75) is 33.6 Å². The number of piperazine rings is 1. The molecule has 0 spiro atoms. The van der Waals surface area contributed by atoms with Crippen molar-refractivity contribution >= 4 is 34.0 Å². The standard InChI is InChI=1S/C19H25ClN4O2S/c1-13-11-16(12-14(2)18(13)20)26-10-4-5-17(25)23-6-8-24(9-7-23)19-22-21-15(3)27-19/h11-12H,4-10H2,1-3H3. The topological polar surface area (TPSA) is 58.6 Å². The summed E-state index contributed by atoms with van der Waals surface area (Å²) >= 11 is 7.77. The maximum atomic E-state index is 12.4. The summed E-state index contributed by atoms with van der Waals surface area (Å²) in [4.78, 5) is 16.5. The molecule has 1 aliphatic heterocycles. The van der Waals surface area contributed by atoms with Crippen molar-refractivity contribution in [3.05, 3.63) is 33.3 Å². The highest BCUT2D eigenvalue weighted by molar-refractivity contribution is 7.15. The molecule has 0 bridgehead atoms. The van der Waals surface area contributed by atoms with Crippen molar-refractivity contribution in [3.63, 3.8) is 0 Å². The minimum absolute atomic E-state index is 0.190. The summed E-state index contributed by atoms with van der Waals surface area (Å²) in [6, 6.07) is 3.87. The number of nitrogens with zero attached hydrogens (tertiary/aromatic N) is 4. The zero-order valence-corrected chi connectivity index (χ0v) is 17.6. The highest BCUT2D eigenvalue weighted by atomic mass is 35.5. The van der Waals surface area contributed by atoms with Gasteiger partial charge in [-0.15, -0.1) is 10.2 Å². The van der Waals surface area contributed by atoms with Crippen LogP contribution in [-0.2, 0) is 4.79 Å². The third kappa shape index (κ3) is 5.11. The number of amides is 1. The van der Waals surface area contributed by atoms with E-state index in [1.54, 1.807) is 11.3 Å². The highest BCUT2D eigenvalue weighted by Gasteiger charge is 2.22. The molecule has 2 aromatic rings. The van der Waals surface area contributed by atoms with E-state index in [0.717, 1.165) is 58.2 Å². The first kappa shape index (κ1) is 19.9. The van der Waals surface area contributed by atoms with Crippen molar-refractivity contribution in [2.75, 3.05) is 37.7 Å². The number of aryl methyl sites for hydroxylation is 3. The van der Waals surface area contributed by atoms with E-state index in [2.05, 4.69) is 15.1 Å².